The molecule has 1 aromatic carbocycles. The fourth-order valence-corrected chi connectivity index (χ4v) is 1.84. The molecule has 0 atom stereocenters. The van der Waals surface area contributed by atoms with Gasteiger partial charge in [0.05, 0.1) is 0 Å². The van der Waals surface area contributed by atoms with Gasteiger partial charge >= 0.3 is 0 Å². The van der Waals surface area contributed by atoms with Crippen molar-refractivity contribution in [3.05, 3.63) is 42.0 Å². The fraction of sp³-hybridized carbons (Fsp3) is 0.429. The zero-order valence-corrected chi connectivity index (χ0v) is 10.4. The van der Waals surface area contributed by atoms with E-state index in [4.69, 9.17) is 5.73 Å². The highest BCUT2D eigenvalue weighted by molar-refractivity contribution is 5.40. The van der Waals surface area contributed by atoms with Crippen molar-refractivity contribution in [2.45, 2.75) is 19.8 Å². The van der Waals surface area contributed by atoms with Crippen LogP contribution >= 0.6 is 0 Å². The van der Waals surface area contributed by atoms with Crippen molar-refractivity contribution in [3.8, 4) is 0 Å². The zero-order chi connectivity index (χ0) is 12.0. The Morgan fingerprint density at radius 2 is 2.19 bits per heavy atom. The quantitative estimate of drug-likeness (QED) is 0.587. The maximum absolute atomic E-state index is 5.73. The molecule has 0 spiro atoms. The topological polar surface area (TPSA) is 29.3 Å². The summed E-state index contributed by atoms with van der Waals surface area (Å²) in [5.74, 6) is 0. The Labute approximate surface area is 98.8 Å². The molecule has 0 aliphatic rings. The lowest BCUT2D eigenvalue weighted by Gasteiger charge is -2.16. The summed E-state index contributed by atoms with van der Waals surface area (Å²) in [6, 6.07) is 8.13. The van der Waals surface area contributed by atoms with E-state index in [2.05, 4.69) is 37.6 Å². The van der Waals surface area contributed by atoms with Crippen LogP contribution in [0.4, 0.5) is 5.69 Å². The molecule has 0 saturated carbocycles. The Kier molecular flexibility index (Phi) is 5.06. The van der Waals surface area contributed by atoms with Gasteiger partial charge in [0.2, 0.25) is 0 Å². The Morgan fingerprint density at radius 1 is 1.44 bits per heavy atom. The number of rotatable bonds is 6. The van der Waals surface area contributed by atoms with Gasteiger partial charge in [0.25, 0.3) is 0 Å². The monoisotopic (exact) mass is 218 g/mol. The third-order valence-electron chi connectivity index (χ3n) is 2.50. The highest BCUT2D eigenvalue weighted by Crippen LogP contribution is 2.09. The minimum atomic E-state index is 0.854. The van der Waals surface area contributed by atoms with Crippen LogP contribution in [0.1, 0.15) is 18.9 Å². The smallest absolute Gasteiger partial charge is 0.0316 e. The molecule has 2 nitrogen and oxygen atoms in total. The Balaban J connectivity index is 2.27. The largest absolute Gasteiger partial charge is 0.399 e. The summed E-state index contributed by atoms with van der Waals surface area (Å²) >= 11 is 0. The second kappa shape index (κ2) is 6.33. The van der Waals surface area contributed by atoms with Crippen LogP contribution in [-0.2, 0) is 6.42 Å². The third-order valence-corrected chi connectivity index (χ3v) is 2.50. The van der Waals surface area contributed by atoms with Crippen LogP contribution in [0.15, 0.2) is 36.4 Å². The summed E-state index contributed by atoms with van der Waals surface area (Å²) in [4.78, 5) is 2.30. The Morgan fingerprint density at radius 3 is 2.81 bits per heavy atom. The average Bonchev–Trinajstić information content (AvgIpc) is 2.16. The predicted molar refractivity (Wildman–Crippen MR) is 71.5 cm³/mol. The highest BCUT2D eigenvalue weighted by atomic mass is 15.1. The van der Waals surface area contributed by atoms with Crippen molar-refractivity contribution >= 4 is 5.69 Å². The minimum absolute atomic E-state index is 0.854. The van der Waals surface area contributed by atoms with Gasteiger partial charge in [-0.1, -0.05) is 24.3 Å². The van der Waals surface area contributed by atoms with Gasteiger partial charge in [0.15, 0.2) is 0 Å². The molecule has 1 aromatic rings. The molecule has 88 valence electrons. The third kappa shape index (κ3) is 4.99. The van der Waals surface area contributed by atoms with E-state index >= 15 is 0 Å². The van der Waals surface area contributed by atoms with E-state index in [1.54, 1.807) is 0 Å². The summed E-state index contributed by atoms with van der Waals surface area (Å²) < 4.78 is 0. The van der Waals surface area contributed by atoms with E-state index in [1.165, 1.54) is 11.1 Å². The van der Waals surface area contributed by atoms with Gasteiger partial charge in [-0.15, -0.1) is 0 Å². The summed E-state index contributed by atoms with van der Waals surface area (Å²) in [6.45, 7) is 8.06. The summed E-state index contributed by atoms with van der Waals surface area (Å²) in [7, 11) is 2.13. The Hall–Kier alpha value is -1.28. The van der Waals surface area contributed by atoms with Gasteiger partial charge in [0, 0.05) is 12.2 Å². The summed E-state index contributed by atoms with van der Waals surface area (Å²) in [5, 5.41) is 0. The molecule has 0 bridgehead atoms. The molecule has 0 radical (unpaired) electrons. The van der Waals surface area contributed by atoms with E-state index in [-0.39, 0.29) is 0 Å². The number of hydrogen-bond donors (Lipinski definition) is 1. The number of anilines is 1. The van der Waals surface area contributed by atoms with Crippen LogP contribution < -0.4 is 5.73 Å². The molecular formula is C14H22N2. The molecule has 0 aromatic heterocycles. The molecule has 2 N–H and O–H groups in total. The number of likely N-dealkylation sites (N-methyl/N-ethyl adjacent to an activating group) is 1. The van der Waals surface area contributed by atoms with E-state index in [9.17, 15) is 0 Å². The van der Waals surface area contributed by atoms with Crippen LogP contribution in [0.2, 0.25) is 0 Å². The van der Waals surface area contributed by atoms with Crippen molar-refractivity contribution in [2.24, 2.45) is 0 Å². The van der Waals surface area contributed by atoms with Gasteiger partial charge < -0.3 is 10.6 Å². The van der Waals surface area contributed by atoms with Gasteiger partial charge in [-0.3, -0.25) is 0 Å². The molecular weight excluding hydrogens is 196 g/mol. The molecule has 0 unspecified atom stereocenters. The van der Waals surface area contributed by atoms with Crippen LogP contribution in [0.5, 0.6) is 0 Å². The number of aryl methyl sites for hydroxylation is 1. The molecule has 16 heavy (non-hydrogen) atoms. The number of benzene rings is 1. The van der Waals surface area contributed by atoms with E-state index < -0.39 is 0 Å². The Bertz CT molecular complexity index is 344. The lowest BCUT2D eigenvalue weighted by atomic mass is 10.1. The predicted octanol–water partition coefficient (Wildman–Crippen LogP) is 2.71. The van der Waals surface area contributed by atoms with Crippen molar-refractivity contribution in [1.29, 1.82) is 0 Å². The second-order valence-corrected chi connectivity index (χ2v) is 4.54. The number of hydrogen-bond acceptors (Lipinski definition) is 2. The first-order chi connectivity index (χ1) is 7.58. The standard InChI is InChI=1S/C14H22N2/c1-12(2)11-16(3)9-5-7-13-6-4-8-14(15)10-13/h4,6,8,10H,1,5,7,9,11,15H2,2-3H3. The normalized spacial score (nSPS) is 10.7. The van der Waals surface area contributed by atoms with Crippen LogP contribution in [-0.4, -0.2) is 25.0 Å². The first kappa shape index (κ1) is 12.8. The number of nitrogens with two attached hydrogens (primary N) is 1. The van der Waals surface area contributed by atoms with Crippen LogP contribution in [0.3, 0.4) is 0 Å². The number of nitrogen functional groups attached to an aromatic ring is 1. The number of nitrogens with zero attached hydrogens (tertiary/aromatic N) is 1. The van der Waals surface area contributed by atoms with Crippen molar-refractivity contribution in [3.63, 3.8) is 0 Å². The molecule has 1 rings (SSSR count). The molecule has 0 aliphatic heterocycles. The first-order valence-electron chi connectivity index (χ1n) is 5.75. The lowest BCUT2D eigenvalue weighted by molar-refractivity contribution is 0.357. The van der Waals surface area contributed by atoms with E-state index in [0.29, 0.717) is 0 Å². The van der Waals surface area contributed by atoms with E-state index in [0.717, 1.165) is 31.6 Å². The molecule has 0 amide bonds. The van der Waals surface area contributed by atoms with Gasteiger partial charge in [0.1, 0.15) is 0 Å². The average molecular weight is 218 g/mol. The second-order valence-electron chi connectivity index (χ2n) is 4.54. The summed E-state index contributed by atoms with van der Waals surface area (Å²) in [5.41, 5.74) is 9.13. The van der Waals surface area contributed by atoms with Crippen LogP contribution in [0, 0.1) is 0 Å². The maximum atomic E-state index is 5.73. The van der Waals surface area contributed by atoms with Crippen molar-refractivity contribution < 1.29 is 0 Å². The lowest BCUT2D eigenvalue weighted by Crippen LogP contribution is -2.21. The fourth-order valence-electron chi connectivity index (χ4n) is 1.84. The van der Waals surface area contributed by atoms with Crippen LogP contribution in [0.25, 0.3) is 0 Å². The molecule has 0 fully saturated rings. The highest BCUT2D eigenvalue weighted by Gasteiger charge is 1.99. The first-order valence-corrected chi connectivity index (χ1v) is 5.75. The molecule has 2 heteroatoms. The maximum Gasteiger partial charge on any atom is 0.0316 e. The SMILES string of the molecule is C=C(C)CN(C)CCCc1cccc(N)c1. The molecule has 0 saturated heterocycles. The van der Waals surface area contributed by atoms with Gasteiger partial charge in [-0.25, -0.2) is 0 Å². The summed E-state index contributed by atoms with van der Waals surface area (Å²) in [6.07, 6.45) is 2.25. The van der Waals surface area contributed by atoms with Gasteiger partial charge in [-0.05, 0) is 51.1 Å². The van der Waals surface area contributed by atoms with Crippen molar-refractivity contribution in [1.82, 2.24) is 4.90 Å². The van der Waals surface area contributed by atoms with Gasteiger partial charge in [-0.2, -0.15) is 0 Å². The van der Waals surface area contributed by atoms with E-state index in [1.807, 2.05) is 12.1 Å². The molecule has 0 heterocycles. The molecule has 0 aliphatic carbocycles. The zero-order valence-electron chi connectivity index (χ0n) is 10.4. The minimum Gasteiger partial charge on any atom is -0.399 e. The van der Waals surface area contributed by atoms with Crippen molar-refractivity contribution in [2.75, 3.05) is 25.9 Å².